The Labute approximate surface area is 637 Å². The van der Waals surface area contributed by atoms with E-state index in [1.807, 2.05) is 0 Å². The standard InChI is InChI=1S/2C52H35N3/c1-52(2)47-22-12-11-21-43(47)44-29-34(27-28-48(44)52)32-23-25-33(26-24-32)49-53-50(45-30-35-13-3-5-15-37(35)39-17-7-9-19-41(39)45)55-51(54-49)46-31-36-14-4-6-16-38(36)40-18-8-10-20-42(40)46;1-52(2)47-14-8-7-13-43(47)46-29-38(27-28-48(46)52)32-15-23-37(24-16-32)49-53-50(39-25-21-35-19-17-33-9-3-5-11-41(33)44(35)30-39)55-51(54-49)40-26-22-36-20-18-34-10-4-6-12-42(34)45(36)31-40/h2*3-31H,1-2H3. The van der Waals surface area contributed by atoms with Crippen molar-refractivity contribution in [2.75, 3.05) is 0 Å². The van der Waals surface area contributed by atoms with Gasteiger partial charge in [-0.05, 0) is 189 Å². The molecule has 0 atom stereocenters. The zero-order valence-electron chi connectivity index (χ0n) is 61.2. The van der Waals surface area contributed by atoms with E-state index in [2.05, 4.69) is 380 Å². The van der Waals surface area contributed by atoms with Crippen molar-refractivity contribution in [1.82, 2.24) is 29.9 Å². The van der Waals surface area contributed by atoms with Gasteiger partial charge in [-0.3, -0.25) is 0 Å². The molecule has 516 valence electrons. The molecule has 2 aliphatic carbocycles. The monoisotopic (exact) mass is 1400 g/mol. The van der Waals surface area contributed by atoms with Crippen LogP contribution in [-0.4, -0.2) is 29.9 Å². The zero-order valence-corrected chi connectivity index (χ0v) is 61.2. The minimum atomic E-state index is -0.0187. The van der Waals surface area contributed by atoms with Crippen molar-refractivity contribution in [2.45, 2.75) is 38.5 Å². The van der Waals surface area contributed by atoms with Crippen LogP contribution in [0.2, 0.25) is 0 Å². The van der Waals surface area contributed by atoms with Crippen molar-refractivity contribution in [1.29, 1.82) is 0 Å². The van der Waals surface area contributed by atoms with Crippen LogP contribution in [0.4, 0.5) is 0 Å². The molecular formula is C104H70N6. The van der Waals surface area contributed by atoms with E-state index in [0.29, 0.717) is 34.9 Å². The van der Waals surface area contributed by atoms with Crippen LogP contribution in [0.3, 0.4) is 0 Å². The Morgan fingerprint density at radius 3 is 0.827 bits per heavy atom. The summed E-state index contributed by atoms with van der Waals surface area (Å²) in [6, 6.07) is 126. The average molecular weight is 1400 g/mol. The molecule has 2 aliphatic rings. The lowest BCUT2D eigenvalue weighted by Gasteiger charge is -2.21. The fourth-order valence-corrected chi connectivity index (χ4v) is 17.7. The maximum absolute atomic E-state index is 5.32. The van der Waals surface area contributed by atoms with Gasteiger partial charge >= 0.3 is 0 Å². The Kier molecular flexibility index (Phi) is 14.9. The lowest BCUT2D eigenvalue weighted by molar-refractivity contribution is 0.660. The Hall–Kier alpha value is -13.9. The molecule has 0 fully saturated rings. The molecule has 0 N–H and O–H groups in total. The quantitative estimate of drug-likeness (QED) is 0.141. The van der Waals surface area contributed by atoms with E-state index in [9.17, 15) is 0 Å². The maximum Gasteiger partial charge on any atom is 0.164 e. The molecule has 18 aromatic carbocycles. The van der Waals surface area contributed by atoms with Gasteiger partial charge in [-0.2, -0.15) is 0 Å². The molecule has 22 rings (SSSR count). The average Bonchev–Trinajstić information content (AvgIpc) is 1.51. The van der Waals surface area contributed by atoms with Crippen LogP contribution in [-0.2, 0) is 10.8 Å². The maximum atomic E-state index is 5.32. The van der Waals surface area contributed by atoms with Gasteiger partial charge in [-0.25, -0.2) is 29.9 Å². The molecule has 20 aromatic rings. The number of nitrogens with zero attached hydrogens (tertiary/aromatic N) is 6. The lowest BCUT2D eigenvalue weighted by Crippen LogP contribution is -2.14. The topological polar surface area (TPSA) is 77.3 Å². The fourth-order valence-electron chi connectivity index (χ4n) is 17.7. The summed E-state index contributed by atoms with van der Waals surface area (Å²) in [7, 11) is 0. The van der Waals surface area contributed by atoms with E-state index in [0.717, 1.165) is 66.1 Å². The molecular weight excluding hydrogens is 1330 g/mol. The number of benzene rings is 18. The molecule has 110 heavy (non-hydrogen) atoms. The SMILES string of the molecule is CC1(C)c2ccccc2-c2cc(-c3ccc(-c4nc(-c5cc6ccccc6c6ccccc56)nc(-c5cc6ccccc6c6ccccc56)n4)cc3)ccc21.CC1(C)c2ccccc2-c2cc(-c3ccc(-c4nc(-c5ccc6ccc7ccccc7c6c5)nc(-c5ccc6ccc7ccccc7c6c5)n4)cc3)ccc21. The molecule has 0 saturated heterocycles. The van der Waals surface area contributed by atoms with Crippen molar-refractivity contribution in [3.8, 4) is 113 Å². The Morgan fingerprint density at radius 2 is 0.418 bits per heavy atom. The summed E-state index contributed by atoms with van der Waals surface area (Å²) in [5, 5.41) is 18.9. The van der Waals surface area contributed by atoms with E-state index in [1.54, 1.807) is 0 Å². The highest BCUT2D eigenvalue weighted by atomic mass is 15.0. The highest BCUT2D eigenvalue weighted by Gasteiger charge is 2.37. The predicted molar refractivity (Wildman–Crippen MR) is 458 cm³/mol. The largest absolute Gasteiger partial charge is 0.208 e. The zero-order chi connectivity index (χ0) is 73.3. The van der Waals surface area contributed by atoms with Crippen LogP contribution in [0.1, 0.15) is 49.9 Å². The molecule has 0 saturated carbocycles. The summed E-state index contributed by atoms with van der Waals surface area (Å²) in [5.41, 5.74) is 21.3. The second kappa shape index (κ2) is 25.4. The minimum Gasteiger partial charge on any atom is -0.208 e. The summed E-state index contributed by atoms with van der Waals surface area (Å²) in [5.74, 6) is 3.90. The summed E-state index contributed by atoms with van der Waals surface area (Å²) in [6.45, 7) is 9.29. The second-order valence-corrected chi connectivity index (χ2v) is 30.5. The highest BCUT2D eigenvalue weighted by Crippen LogP contribution is 2.52. The molecule has 6 heteroatoms. The number of rotatable bonds is 8. The first-order valence-corrected chi connectivity index (χ1v) is 37.9. The summed E-state index contributed by atoms with van der Waals surface area (Å²) in [4.78, 5) is 31.4. The number of hydrogen-bond donors (Lipinski definition) is 0. The molecule has 0 amide bonds. The van der Waals surface area contributed by atoms with Gasteiger partial charge < -0.3 is 0 Å². The number of hydrogen-bond acceptors (Lipinski definition) is 6. The molecule has 0 bridgehead atoms. The van der Waals surface area contributed by atoms with Gasteiger partial charge in [0.2, 0.25) is 0 Å². The minimum absolute atomic E-state index is 0.0152. The van der Waals surface area contributed by atoms with Gasteiger partial charge in [-0.1, -0.05) is 343 Å². The molecule has 2 aromatic heterocycles. The van der Waals surface area contributed by atoms with Crippen LogP contribution in [0.15, 0.2) is 352 Å². The first-order valence-electron chi connectivity index (χ1n) is 37.9. The summed E-state index contributed by atoms with van der Waals surface area (Å²) < 4.78 is 0. The van der Waals surface area contributed by atoms with Gasteiger partial charge in [0.15, 0.2) is 34.9 Å². The van der Waals surface area contributed by atoms with Crippen molar-refractivity contribution >= 4 is 86.2 Å². The van der Waals surface area contributed by atoms with E-state index < -0.39 is 0 Å². The van der Waals surface area contributed by atoms with Crippen molar-refractivity contribution in [3.63, 3.8) is 0 Å². The molecule has 0 spiro atoms. The van der Waals surface area contributed by atoms with Crippen LogP contribution in [0.5, 0.6) is 0 Å². The smallest absolute Gasteiger partial charge is 0.164 e. The predicted octanol–water partition coefficient (Wildman–Crippen LogP) is 26.9. The van der Waals surface area contributed by atoms with Crippen LogP contribution >= 0.6 is 0 Å². The Morgan fingerprint density at radius 1 is 0.155 bits per heavy atom. The number of fused-ring (bicyclic) bond motifs is 18. The van der Waals surface area contributed by atoms with Gasteiger partial charge in [0, 0.05) is 44.2 Å². The first kappa shape index (κ1) is 64.4. The Balaban J connectivity index is 0.000000140. The van der Waals surface area contributed by atoms with Gasteiger partial charge in [0.25, 0.3) is 0 Å². The summed E-state index contributed by atoms with van der Waals surface area (Å²) >= 11 is 0. The van der Waals surface area contributed by atoms with Crippen molar-refractivity contribution in [2.24, 2.45) is 0 Å². The van der Waals surface area contributed by atoms with Gasteiger partial charge in [0.05, 0.1) is 0 Å². The summed E-state index contributed by atoms with van der Waals surface area (Å²) in [6.07, 6.45) is 0. The van der Waals surface area contributed by atoms with E-state index in [1.165, 1.54) is 120 Å². The molecule has 6 nitrogen and oxygen atoms in total. The first-order chi connectivity index (χ1) is 54.0. The molecule has 0 unspecified atom stereocenters. The third-order valence-corrected chi connectivity index (χ3v) is 23.4. The highest BCUT2D eigenvalue weighted by molar-refractivity contribution is 6.16. The van der Waals surface area contributed by atoms with E-state index in [4.69, 9.17) is 29.9 Å². The van der Waals surface area contributed by atoms with Crippen molar-refractivity contribution < 1.29 is 0 Å². The molecule has 0 aliphatic heterocycles. The van der Waals surface area contributed by atoms with Crippen LogP contribution in [0, 0.1) is 0 Å². The lowest BCUT2D eigenvalue weighted by atomic mass is 9.82. The van der Waals surface area contributed by atoms with E-state index in [-0.39, 0.29) is 10.8 Å². The van der Waals surface area contributed by atoms with Crippen molar-refractivity contribution in [3.05, 3.63) is 374 Å². The third-order valence-electron chi connectivity index (χ3n) is 23.4. The second-order valence-electron chi connectivity index (χ2n) is 30.5. The van der Waals surface area contributed by atoms with Gasteiger partial charge in [0.1, 0.15) is 0 Å². The van der Waals surface area contributed by atoms with Crippen LogP contribution in [0.25, 0.3) is 199 Å². The third kappa shape index (κ3) is 10.7. The number of aromatic nitrogens is 6. The van der Waals surface area contributed by atoms with E-state index >= 15 is 0 Å². The van der Waals surface area contributed by atoms with Gasteiger partial charge in [-0.15, -0.1) is 0 Å². The fraction of sp³-hybridized carbons (Fsp3) is 0.0577. The normalized spacial score (nSPS) is 13.1. The molecule has 2 heterocycles. The van der Waals surface area contributed by atoms with Crippen LogP contribution < -0.4 is 0 Å². The Bertz CT molecular complexity index is 6940. The molecule has 0 radical (unpaired) electrons.